The number of anilines is 3. The first kappa shape index (κ1) is 23.1. The van der Waals surface area contributed by atoms with Crippen molar-refractivity contribution in [2.24, 2.45) is 0 Å². The Labute approximate surface area is 194 Å². The number of aromatic amines is 1. The van der Waals surface area contributed by atoms with E-state index in [4.69, 9.17) is 0 Å². The third-order valence-corrected chi connectivity index (χ3v) is 5.63. The second kappa shape index (κ2) is 11.7. The standard InChI is InChI=1S/C13H12N2O2S2.C10H11N3/c1-18-15-11-4-2-3-10(6-11)14-13(17)12-5-9(7-16)8-19-12;1-11-10-7-9(12-13-10)8-5-3-2-4-6-8/h2-8,15H,1H3,(H,14,17);2-7H,1H3,(H2,11,12,13). The second-order valence-electron chi connectivity index (χ2n) is 6.49. The molecule has 0 saturated heterocycles. The molecule has 4 aromatic rings. The highest BCUT2D eigenvalue weighted by molar-refractivity contribution is 7.99. The molecule has 0 aliphatic carbocycles. The number of aromatic nitrogens is 2. The fraction of sp³-hybridized carbons (Fsp3) is 0.0870. The van der Waals surface area contributed by atoms with Gasteiger partial charge in [-0.05, 0) is 29.8 Å². The zero-order valence-electron chi connectivity index (χ0n) is 17.6. The topological polar surface area (TPSA) is 98.9 Å². The van der Waals surface area contributed by atoms with Crippen molar-refractivity contribution in [3.63, 3.8) is 0 Å². The van der Waals surface area contributed by atoms with Crippen molar-refractivity contribution >= 4 is 52.7 Å². The third kappa shape index (κ3) is 6.47. The summed E-state index contributed by atoms with van der Waals surface area (Å²) >= 11 is 2.74. The molecule has 0 bridgehead atoms. The van der Waals surface area contributed by atoms with Crippen LogP contribution in [0.1, 0.15) is 20.0 Å². The molecule has 164 valence electrons. The molecule has 9 heteroatoms. The van der Waals surface area contributed by atoms with Crippen LogP contribution in [0.25, 0.3) is 11.3 Å². The van der Waals surface area contributed by atoms with E-state index in [1.807, 2.05) is 74.0 Å². The number of thiophene rings is 1. The lowest BCUT2D eigenvalue weighted by molar-refractivity contribution is 0.103. The largest absolute Gasteiger partial charge is 0.372 e. The van der Waals surface area contributed by atoms with Gasteiger partial charge in [-0.1, -0.05) is 48.3 Å². The molecule has 0 spiro atoms. The van der Waals surface area contributed by atoms with E-state index >= 15 is 0 Å². The lowest BCUT2D eigenvalue weighted by Gasteiger charge is -2.06. The van der Waals surface area contributed by atoms with Crippen molar-refractivity contribution in [1.82, 2.24) is 10.2 Å². The van der Waals surface area contributed by atoms with Crippen molar-refractivity contribution in [3.8, 4) is 11.3 Å². The fourth-order valence-corrected chi connectivity index (χ4v) is 3.83. The van der Waals surface area contributed by atoms with Crippen molar-refractivity contribution in [2.75, 3.05) is 28.7 Å². The number of hydrogen-bond donors (Lipinski definition) is 4. The average Bonchev–Trinajstić information content (AvgIpc) is 3.50. The zero-order chi connectivity index (χ0) is 22.8. The number of amides is 1. The van der Waals surface area contributed by atoms with Gasteiger partial charge in [0.2, 0.25) is 0 Å². The van der Waals surface area contributed by atoms with Gasteiger partial charge in [0.25, 0.3) is 5.91 Å². The number of nitrogens with one attached hydrogen (secondary N) is 4. The van der Waals surface area contributed by atoms with Gasteiger partial charge in [0.05, 0.1) is 10.6 Å². The summed E-state index contributed by atoms with van der Waals surface area (Å²) in [6, 6.07) is 21.1. The van der Waals surface area contributed by atoms with Gasteiger partial charge in [-0.3, -0.25) is 14.7 Å². The molecule has 0 fully saturated rings. The summed E-state index contributed by atoms with van der Waals surface area (Å²) in [6.45, 7) is 0. The van der Waals surface area contributed by atoms with E-state index in [1.165, 1.54) is 23.3 Å². The van der Waals surface area contributed by atoms with E-state index < -0.39 is 0 Å². The summed E-state index contributed by atoms with van der Waals surface area (Å²) in [7, 11) is 1.85. The zero-order valence-corrected chi connectivity index (χ0v) is 19.2. The van der Waals surface area contributed by atoms with Crippen molar-refractivity contribution in [3.05, 3.63) is 82.6 Å². The summed E-state index contributed by atoms with van der Waals surface area (Å²) in [4.78, 5) is 23.1. The van der Waals surface area contributed by atoms with Gasteiger partial charge in [0.1, 0.15) is 5.82 Å². The number of H-pyrrole nitrogens is 1. The lowest BCUT2D eigenvalue weighted by Crippen LogP contribution is -2.10. The number of rotatable bonds is 7. The van der Waals surface area contributed by atoms with Crippen LogP contribution in [0.5, 0.6) is 0 Å². The van der Waals surface area contributed by atoms with E-state index in [1.54, 1.807) is 11.4 Å². The van der Waals surface area contributed by atoms with Crippen LogP contribution >= 0.6 is 23.3 Å². The minimum atomic E-state index is -0.209. The van der Waals surface area contributed by atoms with E-state index in [0.717, 1.165) is 29.0 Å². The molecule has 7 nitrogen and oxygen atoms in total. The van der Waals surface area contributed by atoms with Crippen molar-refractivity contribution in [2.45, 2.75) is 0 Å². The molecule has 2 heterocycles. The number of benzene rings is 2. The van der Waals surface area contributed by atoms with E-state index in [-0.39, 0.29) is 5.91 Å². The first-order chi connectivity index (χ1) is 15.6. The van der Waals surface area contributed by atoms with Gasteiger partial charge in [-0.2, -0.15) is 5.10 Å². The molecule has 32 heavy (non-hydrogen) atoms. The monoisotopic (exact) mass is 465 g/mol. The van der Waals surface area contributed by atoms with Gasteiger partial charge in [0, 0.05) is 41.7 Å². The van der Waals surface area contributed by atoms with Crippen molar-refractivity contribution in [1.29, 1.82) is 0 Å². The van der Waals surface area contributed by atoms with Crippen LogP contribution in [0.2, 0.25) is 0 Å². The number of aldehydes is 1. The summed E-state index contributed by atoms with van der Waals surface area (Å²) in [6.07, 6.45) is 2.66. The number of carbonyl (C=O) groups is 2. The van der Waals surface area contributed by atoms with E-state index in [2.05, 4.69) is 25.6 Å². The normalized spacial score (nSPS) is 9.94. The number of carbonyl (C=O) groups excluding carboxylic acids is 2. The quantitative estimate of drug-likeness (QED) is 0.209. The average molecular weight is 466 g/mol. The Balaban J connectivity index is 0.000000193. The molecular weight excluding hydrogens is 442 g/mol. The number of nitrogens with zero attached hydrogens (tertiary/aromatic N) is 1. The van der Waals surface area contributed by atoms with Crippen LogP contribution < -0.4 is 15.4 Å². The molecule has 2 aromatic carbocycles. The van der Waals surface area contributed by atoms with Gasteiger partial charge < -0.3 is 15.4 Å². The van der Waals surface area contributed by atoms with Crippen LogP contribution in [0.3, 0.4) is 0 Å². The fourth-order valence-electron chi connectivity index (χ4n) is 2.72. The van der Waals surface area contributed by atoms with Gasteiger partial charge in [-0.25, -0.2) is 0 Å². The molecule has 0 aliphatic heterocycles. The molecule has 0 atom stereocenters. The predicted octanol–water partition coefficient (Wildman–Crippen LogP) is 5.62. The third-order valence-electron chi connectivity index (χ3n) is 4.24. The Morgan fingerprint density at radius 2 is 1.84 bits per heavy atom. The van der Waals surface area contributed by atoms with Gasteiger partial charge in [0.15, 0.2) is 6.29 Å². The second-order valence-corrected chi connectivity index (χ2v) is 8.01. The predicted molar refractivity (Wildman–Crippen MR) is 135 cm³/mol. The minimum Gasteiger partial charge on any atom is -0.372 e. The Morgan fingerprint density at radius 1 is 1.06 bits per heavy atom. The lowest BCUT2D eigenvalue weighted by atomic mass is 10.2. The molecule has 0 radical (unpaired) electrons. The maximum absolute atomic E-state index is 12.0. The van der Waals surface area contributed by atoms with Crippen molar-refractivity contribution < 1.29 is 9.59 Å². The van der Waals surface area contributed by atoms with E-state index in [0.29, 0.717) is 16.1 Å². The highest BCUT2D eigenvalue weighted by Gasteiger charge is 2.09. The molecule has 2 aromatic heterocycles. The summed E-state index contributed by atoms with van der Waals surface area (Å²) in [5, 5.41) is 14.5. The molecule has 1 amide bonds. The van der Waals surface area contributed by atoms with Gasteiger partial charge >= 0.3 is 0 Å². The number of hydrogen-bond acceptors (Lipinski definition) is 7. The Kier molecular flexibility index (Phi) is 8.47. The van der Waals surface area contributed by atoms with Crippen LogP contribution in [-0.4, -0.2) is 35.7 Å². The summed E-state index contributed by atoms with van der Waals surface area (Å²) in [5.74, 6) is 0.651. The molecule has 0 unspecified atom stereocenters. The summed E-state index contributed by atoms with van der Waals surface area (Å²) < 4.78 is 3.10. The highest BCUT2D eigenvalue weighted by atomic mass is 32.2. The maximum atomic E-state index is 12.0. The van der Waals surface area contributed by atoms with Gasteiger partial charge in [-0.15, -0.1) is 11.3 Å². The molecule has 0 aliphatic rings. The maximum Gasteiger partial charge on any atom is 0.265 e. The minimum absolute atomic E-state index is 0.209. The molecule has 0 saturated carbocycles. The smallest absolute Gasteiger partial charge is 0.265 e. The first-order valence-electron chi connectivity index (χ1n) is 9.65. The van der Waals surface area contributed by atoms with Crippen LogP contribution in [0, 0.1) is 0 Å². The first-order valence-corrected chi connectivity index (χ1v) is 11.8. The highest BCUT2D eigenvalue weighted by Crippen LogP contribution is 2.20. The SMILES string of the molecule is CNc1cc(-c2ccccc2)[nH]n1.CSNc1cccc(NC(=O)c2cc(C=O)cs2)c1. The van der Waals surface area contributed by atoms with Crippen LogP contribution in [-0.2, 0) is 0 Å². The van der Waals surface area contributed by atoms with Crippen LogP contribution in [0.15, 0.2) is 72.1 Å². The molecule has 4 N–H and O–H groups in total. The molecule has 4 rings (SSSR count). The van der Waals surface area contributed by atoms with E-state index in [9.17, 15) is 9.59 Å². The summed E-state index contributed by atoms with van der Waals surface area (Å²) in [5.41, 5.74) is 4.34. The Bertz CT molecular complexity index is 1160. The Hall–Kier alpha value is -3.56. The van der Waals surface area contributed by atoms with Crippen LogP contribution in [0.4, 0.5) is 17.2 Å². The Morgan fingerprint density at radius 3 is 2.50 bits per heavy atom. The molecular formula is C23H23N5O2S2.